The Morgan fingerprint density at radius 3 is 1.72 bits per heavy atom. The average molecular weight is 953 g/mol. The molecule has 3 nitrogen and oxygen atoms in total. The number of anilines is 2. The Morgan fingerprint density at radius 1 is 0.432 bits per heavy atom. The third-order valence-electron chi connectivity index (χ3n) is 21.6. The van der Waals surface area contributed by atoms with Crippen LogP contribution in [0.4, 0.5) is 11.4 Å². The third-order valence-corrected chi connectivity index (χ3v) is 21.6. The van der Waals surface area contributed by atoms with Crippen LogP contribution in [0.5, 0.6) is 0 Å². The lowest BCUT2D eigenvalue weighted by atomic mass is 9.42. The Balaban J connectivity index is 0.938. The van der Waals surface area contributed by atoms with Crippen LogP contribution < -0.4 is 15.7 Å². The molecule has 8 saturated carbocycles. The Bertz CT molecular complexity index is 4220. The van der Waals surface area contributed by atoms with E-state index in [1.54, 1.807) is 11.1 Å². The SMILES string of the molecule is c1ccc(-c2ccc(N3B4c5c(cc6ccccc6c5-n5c6ccc(C78CC9CC(CC(C9)C7)C8)cc6c6cc(C78CC9CC(CC(C9)C7)C8)cc4c65)-c4cc5oc6cc7ccccc7cc6c5cc43)cc2)cc1. The van der Waals surface area contributed by atoms with Crippen molar-refractivity contribution in [1.29, 1.82) is 0 Å². The van der Waals surface area contributed by atoms with E-state index in [2.05, 4.69) is 173 Å². The number of aromatic nitrogens is 1. The minimum atomic E-state index is -0.0630. The normalized spacial score (nSPS) is 27.7. The van der Waals surface area contributed by atoms with Crippen LogP contribution in [-0.2, 0) is 10.8 Å². The zero-order valence-electron chi connectivity index (χ0n) is 41.9. The first-order valence-electron chi connectivity index (χ1n) is 28.5. The summed E-state index contributed by atoms with van der Waals surface area (Å²) in [6.07, 6.45) is 17.0. The first-order valence-corrected chi connectivity index (χ1v) is 28.5. The van der Waals surface area contributed by atoms with Gasteiger partial charge in [0.05, 0.1) is 16.7 Å². The number of furan rings is 1. The van der Waals surface area contributed by atoms with E-state index < -0.39 is 0 Å². The van der Waals surface area contributed by atoms with Gasteiger partial charge in [-0.3, -0.25) is 0 Å². The van der Waals surface area contributed by atoms with Crippen LogP contribution in [0.3, 0.4) is 0 Å². The molecule has 8 aliphatic carbocycles. The minimum absolute atomic E-state index is 0.0630. The molecule has 21 rings (SSSR count). The summed E-state index contributed by atoms with van der Waals surface area (Å²) >= 11 is 0. The molecule has 4 heteroatoms. The van der Waals surface area contributed by atoms with Crippen molar-refractivity contribution in [3.05, 3.63) is 175 Å². The Kier molecular flexibility index (Phi) is 7.64. The van der Waals surface area contributed by atoms with Crippen LogP contribution in [-0.4, -0.2) is 11.4 Å². The number of nitrogens with zero attached hydrogens (tertiary/aromatic N) is 2. The van der Waals surface area contributed by atoms with Crippen molar-refractivity contribution in [2.24, 2.45) is 35.5 Å². The molecule has 0 atom stereocenters. The van der Waals surface area contributed by atoms with E-state index in [1.165, 1.54) is 181 Å². The maximum absolute atomic E-state index is 6.99. The summed E-state index contributed by atoms with van der Waals surface area (Å²) in [4.78, 5) is 2.78. The van der Waals surface area contributed by atoms with Gasteiger partial charge in [0.25, 0.3) is 0 Å². The molecule has 8 bridgehead atoms. The molecule has 0 radical (unpaired) electrons. The summed E-state index contributed by atoms with van der Waals surface area (Å²) in [5.41, 5.74) is 20.3. The highest BCUT2D eigenvalue weighted by molar-refractivity contribution is 6.94. The highest BCUT2D eigenvalue weighted by Gasteiger charge is 2.54. The monoisotopic (exact) mass is 952 g/mol. The van der Waals surface area contributed by atoms with E-state index in [9.17, 15) is 0 Å². The van der Waals surface area contributed by atoms with Gasteiger partial charge >= 0.3 is 6.85 Å². The second-order valence-electron chi connectivity index (χ2n) is 25.7. The molecule has 4 heterocycles. The molecule has 74 heavy (non-hydrogen) atoms. The molecular weight excluding hydrogens is 896 g/mol. The smallest absolute Gasteiger partial charge is 0.333 e. The molecular formula is C70H57BN2O. The highest BCUT2D eigenvalue weighted by Crippen LogP contribution is 2.63. The number of hydrogen-bond acceptors (Lipinski definition) is 2. The van der Waals surface area contributed by atoms with Crippen molar-refractivity contribution in [1.82, 2.24) is 4.57 Å². The van der Waals surface area contributed by atoms with E-state index in [-0.39, 0.29) is 12.3 Å². The second kappa shape index (κ2) is 14.0. The van der Waals surface area contributed by atoms with Crippen LogP contribution >= 0.6 is 0 Å². The van der Waals surface area contributed by atoms with Gasteiger partial charge in [0, 0.05) is 43.9 Å². The van der Waals surface area contributed by atoms with E-state index in [0.717, 1.165) is 46.7 Å². The van der Waals surface area contributed by atoms with Crippen molar-refractivity contribution in [2.45, 2.75) is 87.9 Å². The summed E-state index contributed by atoms with van der Waals surface area (Å²) < 4.78 is 9.78. The molecule has 356 valence electrons. The number of benzene rings is 9. The number of rotatable bonds is 4. The quantitative estimate of drug-likeness (QED) is 0.164. The van der Waals surface area contributed by atoms with E-state index >= 15 is 0 Å². The number of fused-ring (bicyclic) bond motifs is 13. The molecule has 2 aromatic heterocycles. The first-order chi connectivity index (χ1) is 36.5. The third kappa shape index (κ3) is 5.30. The molecule has 0 saturated heterocycles. The van der Waals surface area contributed by atoms with E-state index in [0.29, 0.717) is 5.41 Å². The van der Waals surface area contributed by atoms with Crippen LogP contribution in [0.25, 0.3) is 93.2 Å². The van der Waals surface area contributed by atoms with Crippen LogP contribution in [0.1, 0.15) is 88.2 Å². The topological polar surface area (TPSA) is 21.3 Å². The van der Waals surface area contributed by atoms with Crippen molar-refractivity contribution in [3.63, 3.8) is 0 Å². The lowest BCUT2D eigenvalue weighted by molar-refractivity contribution is -0.00526. The van der Waals surface area contributed by atoms with Crippen molar-refractivity contribution < 1.29 is 4.42 Å². The Morgan fingerprint density at radius 2 is 1.01 bits per heavy atom. The summed E-state index contributed by atoms with van der Waals surface area (Å²) in [6, 6.07) is 64.2. The molecule has 11 aromatic rings. The van der Waals surface area contributed by atoms with E-state index in [4.69, 9.17) is 4.42 Å². The van der Waals surface area contributed by atoms with Gasteiger partial charge in [-0.05, 0) is 239 Å². The van der Waals surface area contributed by atoms with Gasteiger partial charge in [-0.2, -0.15) is 0 Å². The van der Waals surface area contributed by atoms with Crippen molar-refractivity contribution in [3.8, 4) is 27.9 Å². The fourth-order valence-electron chi connectivity index (χ4n) is 19.5. The predicted octanol–water partition coefficient (Wildman–Crippen LogP) is 16.8. The maximum atomic E-state index is 6.99. The van der Waals surface area contributed by atoms with Crippen molar-refractivity contribution >= 4 is 94.4 Å². The van der Waals surface area contributed by atoms with Gasteiger partial charge in [0.2, 0.25) is 0 Å². The Labute approximate surface area is 432 Å². The highest BCUT2D eigenvalue weighted by atomic mass is 16.3. The average Bonchev–Trinajstić information content (AvgIpc) is 4.08. The van der Waals surface area contributed by atoms with Crippen LogP contribution in [0.15, 0.2) is 168 Å². The fourth-order valence-corrected chi connectivity index (χ4v) is 19.5. The summed E-state index contributed by atoms with van der Waals surface area (Å²) in [5.74, 6) is 5.30. The summed E-state index contributed by atoms with van der Waals surface area (Å²) in [5, 5.41) is 10.4. The predicted molar refractivity (Wildman–Crippen MR) is 307 cm³/mol. The van der Waals surface area contributed by atoms with Gasteiger partial charge in [-0.25, -0.2) is 0 Å². The summed E-state index contributed by atoms with van der Waals surface area (Å²) in [6.45, 7) is -0.0630. The summed E-state index contributed by atoms with van der Waals surface area (Å²) in [7, 11) is 0. The van der Waals surface area contributed by atoms with Gasteiger partial charge in [0.1, 0.15) is 11.2 Å². The van der Waals surface area contributed by atoms with Crippen molar-refractivity contribution in [2.75, 3.05) is 4.81 Å². The van der Waals surface area contributed by atoms with Crippen LogP contribution in [0.2, 0.25) is 0 Å². The molecule has 0 spiro atoms. The zero-order chi connectivity index (χ0) is 47.8. The lowest BCUT2D eigenvalue weighted by Gasteiger charge is -2.57. The second-order valence-corrected chi connectivity index (χ2v) is 25.7. The molecule has 0 amide bonds. The molecule has 0 unspecified atom stereocenters. The lowest BCUT2D eigenvalue weighted by Crippen LogP contribution is -2.61. The van der Waals surface area contributed by atoms with Gasteiger partial charge in [-0.15, -0.1) is 0 Å². The maximum Gasteiger partial charge on any atom is 0.333 e. The minimum Gasteiger partial charge on any atom is -0.456 e. The standard InChI is InChI=1S/C70H57BN2O/c1-2-8-46(9-3-1)47-14-17-53(18-15-47)73-63-32-58-57-26-48-10-4-5-11-49(48)28-64(57)74-65(58)33-56(63)59-27-50-12-6-7-13-54(50)68-66(59)71(73)61-31-52(70-37-43-23-44(38-70)25-45(24-43)39-70)30-60-55-29-51(16-19-62(55)72(68)67(60)61)69-34-40-20-41(35-69)22-42(21-40)36-69/h1-19,26-33,40-45H,20-25,34-39H2. The zero-order valence-corrected chi connectivity index (χ0v) is 41.9. The Hall–Kier alpha value is -7.04. The molecule has 8 fully saturated rings. The molecule has 2 aliphatic heterocycles. The molecule has 10 aliphatic rings. The van der Waals surface area contributed by atoms with Gasteiger partial charge in [-0.1, -0.05) is 103 Å². The largest absolute Gasteiger partial charge is 0.456 e. The fraction of sp³-hybridized carbons (Fsp3) is 0.286. The first kappa shape index (κ1) is 40.4. The molecule has 9 aromatic carbocycles. The molecule has 0 N–H and O–H groups in total. The van der Waals surface area contributed by atoms with E-state index in [1.807, 2.05) is 0 Å². The van der Waals surface area contributed by atoms with Crippen LogP contribution in [0, 0.1) is 35.5 Å². The van der Waals surface area contributed by atoms with Gasteiger partial charge < -0.3 is 13.8 Å². The van der Waals surface area contributed by atoms with Gasteiger partial charge in [0.15, 0.2) is 0 Å². The number of hydrogen-bond donors (Lipinski definition) is 0.